The summed E-state index contributed by atoms with van der Waals surface area (Å²) in [7, 11) is 0.613. The van der Waals surface area contributed by atoms with Crippen molar-refractivity contribution in [3.05, 3.63) is 0 Å². The Morgan fingerprint density at radius 3 is 1.83 bits per heavy atom. The molecule has 0 rings (SSSR count). The molecule has 6 heavy (non-hydrogen) atoms. The predicted octanol–water partition coefficient (Wildman–Crippen LogP) is 0.773. The minimum absolute atomic E-state index is 0.613. The van der Waals surface area contributed by atoms with Gasteiger partial charge in [0.15, 0.2) is 0 Å². The van der Waals surface area contributed by atoms with Gasteiger partial charge in [0, 0.05) is 0 Å². The van der Waals surface area contributed by atoms with Gasteiger partial charge in [-0.15, -0.1) is 11.7 Å². The van der Waals surface area contributed by atoms with E-state index in [1.54, 1.807) is 0 Å². The van der Waals surface area contributed by atoms with Crippen LogP contribution in [0.1, 0.15) is 0 Å². The number of rotatable bonds is 1. The molecule has 0 saturated heterocycles. The number of hydrogen-bond donors (Lipinski definition) is 3. The van der Waals surface area contributed by atoms with Crippen LogP contribution in [0.4, 0.5) is 0 Å². The minimum Gasteiger partial charge on any atom is -0.337 e. The van der Waals surface area contributed by atoms with Gasteiger partial charge in [-0.1, -0.05) is 0 Å². The first-order chi connectivity index (χ1) is 2.56. The molecule has 0 amide bonds. The Morgan fingerprint density at radius 2 is 1.83 bits per heavy atom. The summed E-state index contributed by atoms with van der Waals surface area (Å²) in [5, 5.41) is 0. The first-order valence-electron chi connectivity index (χ1n) is 0.948. The molecule has 0 fully saturated rings. The zero-order valence-electron chi connectivity index (χ0n) is 2.61. The minimum atomic E-state index is -3.03. The van der Waals surface area contributed by atoms with Crippen molar-refractivity contribution in [1.29, 1.82) is 0 Å². The van der Waals surface area contributed by atoms with Crippen molar-refractivity contribution in [1.82, 2.24) is 0 Å². The summed E-state index contributed by atoms with van der Waals surface area (Å²) in [6.45, 7) is 0. The molecule has 0 aliphatic carbocycles. The van der Waals surface area contributed by atoms with Gasteiger partial charge in [0.1, 0.15) is 0 Å². The molecular weight excluding hydrogens is 159 g/mol. The third-order valence-corrected chi connectivity index (χ3v) is 4.67. The first-order valence-corrected chi connectivity index (χ1v) is 6.13. The second-order valence-corrected chi connectivity index (χ2v) is 7.42. The van der Waals surface area contributed by atoms with Crippen LogP contribution < -0.4 is 0 Å². The Morgan fingerprint density at radius 1 is 1.67 bits per heavy atom. The molecule has 0 aliphatic rings. The van der Waals surface area contributed by atoms with Gasteiger partial charge < -0.3 is 9.79 Å². The summed E-state index contributed by atoms with van der Waals surface area (Å²) < 4.78 is 0. The molecule has 0 heterocycles. The summed E-state index contributed by atoms with van der Waals surface area (Å²) in [6, 6.07) is 0. The van der Waals surface area contributed by atoms with E-state index in [-0.39, 0.29) is 0 Å². The van der Waals surface area contributed by atoms with E-state index >= 15 is 0 Å². The zero-order chi connectivity index (χ0) is 5.21. The zero-order valence-corrected chi connectivity index (χ0v) is 6.03. The van der Waals surface area contributed by atoms with Gasteiger partial charge in [0.2, 0.25) is 0 Å². The van der Waals surface area contributed by atoms with Crippen molar-refractivity contribution in [3.63, 3.8) is 0 Å². The van der Waals surface area contributed by atoms with Gasteiger partial charge in [-0.3, -0.25) is 0 Å². The number of thiol groups is 1. The molecule has 0 unspecified atom stereocenters. The predicted molar refractivity (Wildman–Crippen MR) is 35.3 cm³/mol. The molecule has 38 valence electrons. The highest BCUT2D eigenvalue weighted by Gasteiger charge is 2.01. The molecule has 0 aromatic heterocycles. The van der Waals surface area contributed by atoms with Gasteiger partial charge in [-0.25, -0.2) is 0 Å². The molecule has 0 atom stereocenters. The molecular formula is H3O2PS3. The molecule has 0 aliphatic heterocycles. The van der Waals surface area contributed by atoms with E-state index in [0.29, 0.717) is 10.4 Å². The van der Waals surface area contributed by atoms with E-state index in [1.807, 2.05) is 0 Å². The van der Waals surface area contributed by atoms with Crippen LogP contribution in [0.25, 0.3) is 0 Å². The smallest absolute Gasteiger partial charge is 0.252 e. The summed E-state index contributed by atoms with van der Waals surface area (Å²) in [5.41, 5.74) is -3.03. The summed E-state index contributed by atoms with van der Waals surface area (Å²) in [5.74, 6) is 0. The van der Waals surface area contributed by atoms with Gasteiger partial charge in [-0.05, 0) is 22.2 Å². The highest BCUT2D eigenvalue weighted by molar-refractivity contribution is 8.98. The van der Waals surface area contributed by atoms with Crippen LogP contribution in [0.3, 0.4) is 0 Å². The van der Waals surface area contributed by atoms with Gasteiger partial charge in [0.05, 0.1) is 0 Å². The van der Waals surface area contributed by atoms with Gasteiger partial charge >= 0.3 is 0 Å². The van der Waals surface area contributed by atoms with Crippen molar-refractivity contribution in [2.75, 3.05) is 0 Å². The van der Waals surface area contributed by atoms with Crippen molar-refractivity contribution in [2.24, 2.45) is 0 Å². The van der Waals surface area contributed by atoms with Crippen LogP contribution in [0.2, 0.25) is 0 Å². The maximum absolute atomic E-state index is 8.19. The van der Waals surface area contributed by atoms with Crippen LogP contribution in [0.5, 0.6) is 0 Å². The molecule has 2 N–H and O–H groups in total. The first kappa shape index (κ1) is 7.27. The molecule has 0 spiro atoms. The third kappa shape index (κ3) is 5.27. The quantitative estimate of drug-likeness (QED) is 0.302. The Kier molecular flexibility index (Phi) is 3.09. The molecule has 0 aromatic rings. The molecule has 0 aromatic carbocycles. The lowest BCUT2D eigenvalue weighted by atomic mass is 15.9. The fourth-order valence-electron chi connectivity index (χ4n) is 0. The highest BCUT2D eigenvalue weighted by Crippen LogP contribution is 2.52. The fraction of sp³-hybridized carbons (Fsp3) is 0. The lowest BCUT2D eigenvalue weighted by molar-refractivity contribution is 0.502. The van der Waals surface area contributed by atoms with E-state index in [2.05, 4.69) is 23.5 Å². The Balaban J connectivity index is 3.48. The maximum atomic E-state index is 8.19. The molecule has 0 radical (unpaired) electrons. The largest absolute Gasteiger partial charge is 0.337 e. The van der Waals surface area contributed by atoms with Crippen molar-refractivity contribution in [2.45, 2.75) is 0 Å². The monoisotopic (exact) mass is 162 g/mol. The Hall–Kier alpha value is 1.27. The SMILES string of the molecule is OP(O)(=S)SS. The van der Waals surface area contributed by atoms with Crippen LogP contribution in [-0.4, -0.2) is 9.79 Å². The van der Waals surface area contributed by atoms with E-state index in [0.717, 1.165) is 0 Å². The van der Waals surface area contributed by atoms with Gasteiger partial charge in [-0.2, -0.15) is 0 Å². The lowest BCUT2D eigenvalue weighted by Gasteiger charge is -1.95. The van der Waals surface area contributed by atoms with E-state index < -0.39 is 5.69 Å². The summed E-state index contributed by atoms with van der Waals surface area (Å²) in [4.78, 5) is 16.4. The topological polar surface area (TPSA) is 40.5 Å². The van der Waals surface area contributed by atoms with Gasteiger partial charge in [0.25, 0.3) is 5.69 Å². The second-order valence-electron chi connectivity index (χ2n) is 0.572. The number of hydrogen-bond acceptors (Lipinski definition) is 3. The van der Waals surface area contributed by atoms with E-state index in [4.69, 9.17) is 9.79 Å². The normalized spacial score (nSPS) is 11.8. The molecule has 2 nitrogen and oxygen atoms in total. The van der Waals surface area contributed by atoms with Crippen molar-refractivity contribution in [3.8, 4) is 0 Å². The summed E-state index contributed by atoms with van der Waals surface area (Å²) in [6.07, 6.45) is 0. The van der Waals surface area contributed by atoms with Crippen LogP contribution >= 0.6 is 27.8 Å². The average molecular weight is 162 g/mol. The Bertz CT molecular complexity index is 72.9. The van der Waals surface area contributed by atoms with Crippen LogP contribution in [-0.2, 0) is 11.8 Å². The summed E-state index contributed by atoms with van der Waals surface area (Å²) >= 11 is 7.56. The fourth-order valence-corrected chi connectivity index (χ4v) is 0. The Labute approximate surface area is 49.7 Å². The molecule has 0 saturated carbocycles. The third-order valence-electron chi connectivity index (χ3n) is 0.106. The lowest BCUT2D eigenvalue weighted by Crippen LogP contribution is -1.57. The van der Waals surface area contributed by atoms with E-state index in [1.165, 1.54) is 0 Å². The van der Waals surface area contributed by atoms with Crippen molar-refractivity contribution < 1.29 is 9.79 Å². The van der Waals surface area contributed by atoms with Crippen molar-refractivity contribution >= 4 is 39.6 Å². The van der Waals surface area contributed by atoms with E-state index in [9.17, 15) is 0 Å². The van der Waals surface area contributed by atoms with Crippen LogP contribution in [0.15, 0.2) is 0 Å². The van der Waals surface area contributed by atoms with Crippen LogP contribution in [0, 0.1) is 0 Å². The standard InChI is InChI=1S/H3O2PS3/c1-3(2,4)6-5/h5H,(H2,1,2,4). The average Bonchev–Trinajstić information content (AvgIpc) is 1.35. The molecule has 6 heteroatoms. The molecule has 0 bridgehead atoms. The maximum Gasteiger partial charge on any atom is 0.252 e. The second kappa shape index (κ2) is 2.55. The highest BCUT2D eigenvalue weighted by atomic mass is 33.4.